The van der Waals surface area contributed by atoms with Crippen LogP contribution in [0.5, 0.6) is 0 Å². The van der Waals surface area contributed by atoms with Gasteiger partial charge in [0.1, 0.15) is 6.54 Å². The van der Waals surface area contributed by atoms with Crippen molar-refractivity contribution >= 4 is 29.1 Å². The molecule has 0 radical (unpaired) electrons. The number of hydrogen-bond donors (Lipinski definition) is 0. The molecule has 1 aliphatic rings. The Labute approximate surface area is 135 Å². The molecule has 1 aromatic carbocycles. The molecule has 1 aliphatic heterocycles. The van der Waals surface area contributed by atoms with Gasteiger partial charge in [-0.1, -0.05) is 17.7 Å². The highest BCUT2D eigenvalue weighted by Gasteiger charge is 2.24. The number of rotatable bonds is 3. The maximum absolute atomic E-state index is 12.4. The topological polar surface area (TPSA) is 49.9 Å². The van der Waals surface area contributed by atoms with E-state index >= 15 is 0 Å². The van der Waals surface area contributed by atoms with Crippen molar-refractivity contribution in [2.24, 2.45) is 0 Å². The Kier molecular flexibility index (Phi) is 5.42. The van der Waals surface area contributed by atoms with Crippen molar-refractivity contribution in [3.8, 4) is 0 Å². The normalized spacial score (nSPS) is 14.8. The molecular formula is C16H21ClN2O3. The van der Waals surface area contributed by atoms with Gasteiger partial charge in [-0.05, 0) is 31.0 Å². The van der Waals surface area contributed by atoms with E-state index < -0.39 is 0 Å². The van der Waals surface area contributed by atoms with E-state index in [2.05, 4.69) is 0 Å². The molecule has 1 fully saturated rings. The summed E-state index contributed by atoms with van der Waals surface area (Å²) >= 11 is 6.30. The fourth-order valence-corrected chi connectivity index (χ4v) is 3.07. The maximum atomic E-state index is 12.4. The van der Waals surface area contributed by atoms with E-state index in [4.69, 9.17) is 16.3 Å². The zero-order valence-corrected chi connectivity index (χ0v) is 13.9. The number of hydrogen-bond acceptors (Lipinski definition) is 3. The molecule has 1 heterocycles. The van der Waals surface area contributed by atoms with Gasteiger partial charge >= 0.3 is 0 Å². The first-order valence-electron chi connectivity index (χ1n) is 7.30. The molecule has 2 amide bonds. The molecule has 0 atom stereocenters. The summed E-state index contributed by atoms with van der Waals surface area (Å²) in [6.45, 7) is 7.48. The van der Waals surface area contributed by atoms with Gasteiger partial charge in [0.15, 0.2) is 0 Å². The Balaban J connectivity index is 2.24. The largest absolute Gasteiger partial charge is 0.378 e. The van der Waals surface area contributed by atoms with Crippen LogP contribution in [0.1, 0.15) is 18.1 Å². The Morgan fingerprint density at radius 3 is 2.45 bits per heavy atom. The van der Waals surface area contributed by atoms with Gasteiger partial charge in [0.05, 0.1) is 23.9 Å². The monoisotopic (exact) mass is 324 g/mol. The number of carbonyl (C=O) groups excluding carboxylic acids is 2. The van der Waals surface area contributed by atoms with Crippen molar-refractivity contribution in [1.82, 2.24) is 4.90 Å². The smallest absolute Gasteiger partial charge is 0.242 e. The Bertz CT molecular complexity index is 560. The standard InChI is InChI=1S/C16H21ClN2O3/c1-11-8-12(2)16(14(17)9-11)19(13(3)20)10-15(21)18-4-6-22-7-5-18/h8-9H,4-7,10H2,1-3H3. The van der Waals surface area contributed by atoms with Gasteiger partial charge in [-0.2, -0.15) is 0 Å². The average molecular weight is 325 g/mol. The Hall–Kier alpha value is -1.59. The van der Waals surface area contributed by atoms with Gasteiger partial charge in [0.2, 0.25) is 11.8 Å². The molecule has 0 aromatic heterocycles. The molecule has 0 aliphatic carbocycles. The summed E-state index contributed by atoms with van der Waals surface area (Å²) in [5.41, 5.74) is 2.52. The minimum Gasteiger partial charge on any atom is -0.378 e. The molecule has 0 unspecified atom stereocenters. The van der Waals surface area contributed by atoms with E-state index in [0.717, 1.165) is 11.1 Å². The third kappa shape index (κ3) is 3.78. The van der Waals surface area contributed by atoms with Crippen LogP contribution < -0.4 is 4.90 Å². The number of carbonyl (C=O) groups is 2. The zero-order chi connectivity index (χ0) is 16.3. The van der Waals surface area contributed by atoms with E-state index in [1.165, 1.54) is 11.8 Å². The van der Waals surface area contributed by atoms with Crippen molar-refractivity contribution in [1.29, 1.82) is 0 Å². The lowest BCUT2D eigenvalue weighted by Gasteiger charge is -2.30. The van der Waals surface area contributed by atoms with Crippen molar-refractivity contribution in [3.63, 3.8) is 0 Å². The number of amides is 2. The number of anilines is 1. The van der Waals surface area contributed by atoms with E-state index in [9.17, 15) is 9.59 Å². The summed E-state index contributed by atoms with van der Waals surface area (Å²) in [5, 5.41) is 0.488. The summed E-state index contributed by atoms with van der Waals surface area (Å²) in [5.74, 6) is -0.287. The first kappa shape index (κ1) is 16.8. The summed E-state index contributed by atoms with van der Waals surface area (Å²) in [7, 11) is 0. The number of nitrogens with zero attached hydrogens (tertiary/aromatic N) is 2. The second-order valence-electron chi connectivity index (χ2n) is 5.51. The molecule has 5 nitrogen and oxygen atoms in total. The van der Waals surface area contributed by atoms with Crippen LogP contribution in [0, 0.1) is 13.8 Å². The Morgan fingerprint density at radius 2 is 1.91 bits per heavy atom. The molecule has 22 heavy (non-hydrogen) atoms. The minimum atomic E-state index is -0.199. The van der Waals surface area contributed by atoms with E-state index in [1.54, 1.807) is 11.0 Å². The second kappa shape index (κ2) is 7.11. The van der Waals surface area contributed by atoms with Gasteiger partial charge in [0, 0.05) is 20.0 Å². The van der Waals surface area contributed by atoms with Crippen LogP contribution in [0.3, 0.4) is 0 Å². The first-order valence-corrected chi connectivity index (χ1v) is 7.68. The summed E-state index contributed by atoms with van der Waals surface area (Å²) in [6.07, 6.45) is 0. The lowest BCUT2D eigenvalue weighted by atomic mass is 10.1. The summed E-state index contributed by atoms with van der Waals surface area (Å²) < 4.78 is 5.24. The molecule has 0 N–H and O–H groups in total. The highest BCUT2D eigenvalue weighted by atomic mass is 35.5. The quantitative estimate of drug-likeness (QED) is 0.856. The number of benzene rings is 1. The maximum Gasteiger partial charge on any atom is 0.242 e. The van der Waals surface area contributed by atoms with Crippen molar-refractivity contribution < 1.29 is 14.3 Å². The number of ether oxygens (including phenoxy) is 1. The average Bonchev–Trinajstić information content (AvgIpc) is 2.45. The zero-order valence-electron chi connectivity index (χ0n) is 13.2. The SMILES string of the molecule is CC(=O)N(CC(=O)N1CCOCC1)c1c(C)cc(C)cc1Cl. The molecule has 1 aromatic rings. The highest BCUT2D eigenvalue weighted by Crippen LogP contribution is 2.31. The molecule has 120 valence electrons. The molecule has 0 spiro atoms. The molecule has 0 bridgehead atoms. The third-order valence-electron chi connectivity index (χ3n) is 3.71. The van der Waals surface area contributed by atoms with Gasteiger partial charge in [-0.3, -0.25) is 9.59 Å². The van der Waals surface area contributed by atoms with Gasteiger partial charge in [-0.25, -0.2) is 0 Å². The number of morpholine rings is 1. The van der Waals surface area contributed by atoms with Gasteiger partial charge in [-0.15, -0.1) is 0 Å². The van der Waals surface area contributed by atoms with E-state index in [0.29, 0.717) is 37.0 Å². The van der Waals surface area contributed by atoms with Crippen LogP contribution in [0.25, 0.3) is 0 Å². The van der Waals surface area contributed by atoms with Crippen molar-refractivity contribution in [2.75, 3.05) is 37.7 Å². The van der Waals surface area contributed by atoms with Crippen LogP contribution in [0.4, 0.5) is 5.69 Å². The van der Waals surface area contributed by atoms with Crippen LogP contribution in [-0.4, -0.2) is 49.6 Å². The molecule has 0 saturated carbocycles. The predicted molar refractivity (Wildman–Crippen MR) is 86.4 cm³/mol. The van der Waals surface area contributed by atoms with Crippen molar-refractivity contribution in [3.05, 3.63) is 28.3 Å². The molecule has 2 rings (SSSR count). The lowest BCUT2D eigenvalue weighted by Crippen LogP contribution is -2.47. The third-order valence-corrected chi connectivity index (χ3v) is 3.99. The summed E-state index contributed by atoms with van der Waals surface area (Å²) in [6, 6.07) is 3.76. The molecule has 1 saturated heterocycles. The fourth-order valence-electron chi connectivity index (χ4n) is 2.65. The van der Waals surface area contributed by atoms with Crippen LogP contribution in [0.2, 0.25) is 5.02 Å². The number of aryl methyl sites for hydroxylation is 2. The Morgan fingerprint density at radius 1 is 1.27 bits per heavy atom. The van der Waals surface area contributed by atoms with Gasteiger partial charge in [0.25, 0.3) is 0 Å². The molecular weight excluding hydrogens is 304 g/mol. The molecule has 6 heteroatoms. The fraction of sp³-hybridized carbons (Fsp3) is 0.500. The predicted octanol–water partition coefficient (Wildman–Crippen LogP) is 2.17. The van der Waals surface area contributed by atoms with E-state index in [1.807, 2.05) is 19.9 Å². The highest BCUT2D eigenvalue weighted by molar-refractivity contribution is 6.34. The summed E-state index contributed by atoms with van der Waals surface area (Å²) in [4.78, 5) is 27.6. The van der Waals surface area contributed by atoms with Crippen LogP contribution in [-0.2, 0) is 14.3 Å². The minimum absolute atomic E-state index is 0.00104. The van der Waals surface area contributed by atoms with Crippen LogP contribution >= 0.6 is 11.6 Å². The lowest BCUT2D eigenvalue weighted by molar-refractivity contribution is -0.134. The van der Waals surface area contributed by atoms with Crippen molar-refractivity contribution in [2.45, 2.75) is 20.8 Å². The second-order valence-corrected chi connectivity index (χ2v) is 5.92. The number of halogens is 1. The van der Waals surface area contributed by atoms with Crippen LogP contribution in [0.15, 0.2) is 12.1 Å². The van der Waals surface area contributed by atoms with Gasteiger partial charge < -0.3 is 14.5 Å². The van der Waals surface area contributed by atoms with E-state index in [-0.39, 0.29) is 18.4 Å². The first-order chi connectivity index (χ1) is 10.4.